The van der Waals surface area contributed by atoms with Crippen LogP contribution in [0.2, 0.25) is 0 Å². The van der Waals surface area contributed by atoms with E-state index in [2.05, 4.69) is 26.2 Å². The Bertz CT molecular complexity index is 335. The molecule has 74 valence electrons. The van der Waals surface area contributed by atoms with Crippen molar-refractivity contribution >= 4 is 11.9 Å². The summed E-state index contributed by atoms with van der Waals surface area (Å²) in [4.78, 5) is 16.7. The number of hydrogen-bond acceptors (Lipinski definition) is 6. The molecule has 0 atom stereocenters. The van der Waals surface area contributed by atoms with E-state index < -0.39 is 0 Å². The monoisotopic (exact) mass is 193 g/mol. The van der Waals surface area contributed by atoms with Gasteiger partial charge in [0, 0.05) is 7.05 Å². The molecule has 14 heavy (non-hydrogen) atoms. The first-order chi connectivity index (χ1) is 6.77. The van der Waals surface area contributed by atoms with Crippen LogP contribution in [0, 0.1) is 12.3 Å². The van der Waals surface area contributed by atoms with Gasteiger partial charge in [-0.1, -0.05) is 5.92 Å². The van der Waals surface area contributed by atoms with Gasteiger partial charge in [-0.3, -0.25) is 4.84 Å². The van der Waals surface area contributed by atoms with Crippen LogP contribution >= 0.6 is 0 Å². The Kier molecular flexibility index (Phi) is 3.64. The zero-order valence-corrected chi connectivity index (χ0v) is 8.06. The number of nitrogens with zero attached hydrogens (tertiary/aromatic N) is 4. The third-order valence-corrected chi connectivity index (χ3v) is 1.46. The first-order valence-electron chi connectivity index (χ1n) is 3.92. The highest BCUT2D eigenvalue weighted by atomic mass is 16.7. The van der Waals surface area contributed by atoms with E-state index in [9.17, 15) is 0 Å². The van der Waals surface area contributed by atoms with Crippen LogP contribution in [0.4, 0.5) is 11.9 Å². The smallest absolute Gasteiger partial charge is 0.254 e. The maximum Gasteiger partial charge on any atom is 0.254 e. The largest absolute Gasteiger partial charge is 0.343 e. The minimum Gasteiger partial charge on any atom is -0.343 e. The molecule has 0 aliphatic rings. The molecule has 6 heteroatoms. The van der Waals surface area contributed by atoms with E-state index in [4.69, 9.17) is 11.3 Å². The van der Waals surface area contributed by atoms with Crippen LogP contribution in [-0.2, 0) is 4.84 Å². The van der Waals surface area contributed by atoms with Crippen LogP contribution in [0.3, 0.4) is 0 Å². The van der Waals surface area contributed by atoms with Crippen LogP contribution in [0.5, 0.6) is 0 Å². The molecule has 0 aliphatic carbocycles. The van der Waals surface area contributed by atoms with Crippen LogP contribution in [0.25, 0.3) is 0 Å². The van der Waals surface area contributed by atoms with Crippen LogP contribution in [-0.4, -0.2) is 35.7 Å². The summed E-state index contributed by atoms with van der Waals surface area (Å²) in [7, 11) is 3.22. The second-order valence-corrected chi connectivity index (χ2v) is 2.35. The molecule has 0 aliphatic heterocycles. The van der Waals surface area contributed by atoms with Gasteiger partial charge >= 0.3 is 0 Å². The number of rotatable bonds is 4. The van der Waals surface area contributed by atoms with Gasteiger partial charge in [-0.15, -0.1) is 6.42 Å². The van der Waals surface area contributed by atoms with Crippen molar-refractivity contribution in [3.63, 3.8) is 0 Å². The lowest BCUT2D eigenvalue weighted by Gasteiger charge is -2.13. The zero-order chi connectivity index (χ0) is 10.4. The van der Waals surface area contributed by atoms with Crippen molar-refractivity contribution in [2.24, 2.45) is 0 Å². The molecule has 0 radical (unpaired) electrons. The number of nitrogens with one attached hydrogen (secondary N) is 1. The fourth-order valence-electron chi connectivity index (χ4n) is 0.736. The summed E-state index contributed by atoms with van der Waals surface area (Å²) in [5.74, 6) is 3.27. The molecule has 0 bridgehead atoms. The molecule has 0 unspecified atom stereocenters. The average molecular weight is 193 g/mol. The normalized spacial score (nSPS) is 9.21. The number of hydrogen-bond donors (Lipinski definition) is 1. The minimum atomic E-state index is 0.375. The SMILES string of the molecule is C#CCNc1ncnc(N(C)OC)n1. The van der Waals surface area contributed by atoms with Crippen molar-refractivity contribution in [3.8, 4) is 12.3 Å². The molecule has 1 heterocycles. The van der Waals surface area contributed by atoms with E-state index >= 15 is 0 Å². The van der Waals surface area contributed by atoms with E-state index in [0.717, 1.165) is 0 Å². The van der Waals surface area contributed by atoms with Gasteiger partial charge in [0.15, 0.2) is 0 Å². The van der Waals surface area contributed by atoms with E-state index in [0.29, 0.717) is 18.4 Å². The Balaban J connectivity index is 2.74. The van der Waals surface area contributed by atoms with Crippen molar-refractivity contribution in [3.05, 3.63) is 6.33 Å². The standard InChI is InChI=1S/C8H11N5O/c1-4-5-9-7-10-6-11-8(12-7)13(2)14-3/h1,6H,5H2,2-3H3,(H,9,10,11,12). The number of hydroxylamine groups is 1. The van der Waals surface area contributed by atoms with Gasteiger partial charge in [0.05, 0.1) is 13.7 Å². The summed E-state index contributed by atoms with van der Waals surface area (Å²) in [6.45, 7) is 0.375. The van der Waals surface area contributed by atoms with Crippen molar-refractivity contribution in [1.29, 1.82) is 0 Å². The van der Waals surface area contributed by atoms with Gasteiger partial charge in [0.2, 0.25) is 5.95 Å². The molecule has 0 saturated carbocycles. The van der Waals surface area contributed by atoms with Crippen molar-refractivity contribution < 1.29 is 4.84 Å². The summed E-state index contributed by atoms with van der Waals surface area (Å²) in [6, 6.07) is 0. The Hall–Kier alpha value is -1.87. The topological polar surface area (TPSA) is 63.2 Å². The molecule has 0 saturated heterocycles. The molecule has 0 amide bonds. The Morgan fingerprint density at radius 1 is 1.64 bits per heavy atom. The maximum atomic E-state index is 5.08. The van der Waals surface area contributed by atoms with Crippen LogP contribution in [0.15, 0.2) is 6.33 Å². The molecular formula is C8H11N5O. The average Bonchev–Trinajstić information content (AvgIpc) is 2.25. The molecule has 1 aromatic rings. The zero-order valence-electron chi connectivity index (χ0n) is 8.06. The minimum absolute atomic E-state index is 0.375. The van der Waals surface area contributed by atoms with Crippen molar-refractivity contribution in [2.75, 3.05) is 31.1 Å². The van der Waals surface area contributed by atoms with E-state index in [1.807, 2.05) is 0 Å². The van der Waals surface area contributed by atoms with Gasteiger partial charge in [-0.25, -0.2) is 10.0 Å². The summed E-state index contributed by atoms with van der Waals surface area (Å²) < 4.78 is 0. The third-order valence-electron chi connectivity index (χ3n) is 1.46. The van der Waals surface area contributed by atoms with Crippen LogP contribution in [0.1, 0.15) is 0 Å². The first kappa shape index (κ1) is 10.2. The molecule has 0 aromatic carbocycles. The Morgan fingerprint density at radius 2 is 2.43 bits per heavy atom. The lowest BCUT2D eigenvalue weighted by Crippen LogP contribution is -2.18. The van der Waals surface area contributed by atoms with Gasteiger partial charge in [0.25, 0.3) is 5.95 Å². The highest BCUT2D eigenvalue weighted by molar-refractivity contribution is 5.33. The van der Waals surface area contributed by atoms with Gasteiger partial charge in [-0.05, 0) is 0 Å². The fraction of sp³-hybridized carbons (Fsp3) is 0.375. The summed E-state index contributed by atoms with van der Waals surface area (Å²) in [5, 5.41) is 4.25. The lowest BCUT2D eigenvalue weighted by molar-refractivity contribution is 0.180. The van der Waals surface area contributed by atoms with E-state index in [-0.39, 0.29) is 0 Å². The number of terminal acetylenes is 1. The molecule has 1 aromatic heterocycles. The maximum absolute atomic E-state index is 5.08. The predicted molar refractivity (Wildman–Crippen MR) is 52.6 cm³/mol. The number of aromatic nitrogens is 3. The Labute approximate surface area is 82.3 Å². The highest BCUT2D eigenvalue weighted by Crippen LogP contribution is 2.05. The second kappa shape index (κ2) is 4.99. The van der Waals surface area contributed by atoms with E-state index in [1.54, 1.807) is 7.05 Å². The molecule has 0 fully saturated rings. The first-order valence-corrected chi connectivity index (χ1v) is 3.92. The molecule has 0 spiro atoms. The highest BCUT2D eigenvalue weighted by Gasteiger charge is 2.03. The fourth-order valence-corrected chi connectivity index (χ4v) is 0.736. The van der Waals surface area contributed by atoms with Crippen molar-refractivity contribution in [2.45, 2.75) is 0 Å². The van der Waals surface area contributed by atoms with Gasteiger partial charge in [-0.2, -0.15) is 9.97 Å². The molecular weight excluding hydrogens is 182 g/mol. The quantitative estimate of drug-likeness (QED) is 0.533. The van der Waals surface area contributed by atoms with Gasteiger partial charge in [0.1, 0.15) is 6.33 Å². The lowest BCUT2D eigenvalue weighted by atomic mass is 10.6. The third kappa shape index (κ3) is 2.57. The molecule has 1 rings (SSSR count). The second-order valence-electron chi connectivity index (χ2n) is 2.35. The van der Waals surface area contributed by atoms with Crippen LogP contribution < -0.4 is 10.4 Å². The number of anilines is 2. The van der Waals surface area contributed by atoms with Crippen molar-refractivity contribution in [1.82, 2.24) is 15.0 Å². The summed E-state index contributed by atoms with van der Waals surface area (Å²) in [6.07, 6.45) is 6.47. The van der Waals surface area contributed by atoms with Gasteiger partial charge < -0.3 is 5.32 Å². The predicted octanol–water partition coefficient (Wildman–Crippen LogP) is -0.0857. The molecule has 6 nitrogen and oxygen atoms in total. The molecule has 1 N–H and O–H groups in total. The van der Waals surface area contributed by atoms with E-state index in [1.165, 1.54) is 18.5 Å². The Morgan fingerprint density at radius 3 is 3.07 bits per heavy atom. The summed E-state index contributed by atoms with van der Waals surface area (Å²) in [5.41, 5.74) is 0. The summed E-state index contributed by atoms with van der Waals surface area (Å²) >= 11 is 0.